The van der Waals surface area contributed by atoms with Gasteiger partial charge in [0.25, 0.3) is 0 Å². The summed E-state index contributed by atoms with van der Waals surface area (Å²) >= 11 is 0. The van der Waals surface area contributed by atoms with Crippen LogP contribution in [0.3, 0.4) is 0 Å². The lowest BCUT2D eigenvalue weighted by atomic mass is 9.90. The Labute approximate surface area is 638 Å². The van der Waals surface area contributed by atoms with Crippen molar-refractivity contribution in [3.8, 4) is 142 Å². The average molecular weight is 1420 g/mol. The summed E-state index contributed by atoms with van der Waals surface area (Å²) < 4.78 is 7.37. The first kappa shape index (κ1) is 64.2. The van der Waals surface area contributed by atoms with Gasteiger partial charge in [0.15, 0.2) is 40.8 Å². The number of nitrogens with zero attached hydrogens (tertiary/aromatic N) is 11. The minimum absolute atomic E-state index is 0.526. The third-order valence-corrected chi connectivity index (χ3v) is 21.2. The largest absolute Gasteiger partial charge is 0.309 e. The summed E-state index contributed by atoms with van der Waals surface area (Å²) in [5.41, 5.74) is 22.3. The zero-order valence-electron chi connectivity index (χ0n) is 59.8. The average Bonchev–Trinajstić information content (AvgIpc) is 1.58. The fourth-order valence-electron chi connectivity index (χ4n) is 16.1. The number of hydrogen-bond acceptors (Lipinski definition) is 8. The second-order valence-corrected chi connectivity index (χ2v) is 27.8. The van der Waals surface area contributed by atoms with Gasteiger partial charge in [-0.2, -0.15) is 0 Å². The molecule has 0 aliphatic rings. The fraction of sp³-hybridized carbons (Fsp3) is 0. The molecule has 6 heterocycles. The Kier molecular flexibility index (Phi) is 15.6. The van der Waals surface area contributed by atoms with Gasteiger partial charge in [0.05, 0.1) is 61.6 Å². The van der Waals surface area contributed by atoms with E-state index in [0.717, 1.165) is 166 Å². The van der Waals surface area contributed by atoms with Crippen LogP contribution in [-0.4, -0.2) is 53.6 Å². The van der Waals surface area contributed by atoms with Crippen molar-refractivity contribution in [1.82, 2.24) is 53.6 Å². The second-order valence-electron chi connectivity index (χ2n) is 27.8. The SMILES string of the molecule is c1ccc(-c2cc(-c3ccccc3)nc(-c3cc(-c4ccccc4-n4c5ccccc5c5ccccc54)c(-n4c5ccc(-c6nc(-c7ccccc7)nc(-c7ccccc7)n6)cc5c5cc(-c6nc(-c7ccccc7)nc(-c7ccccc7)n6)ccc54)c(-c4ccccc4-n4c5ccccc5c5ccccc54)c3)n2)cc1. The van der Waals surface area contributed by atoms with Crippen molar-refractivity contribution in [2.24, 2.45) is 0 Å². The molecule has 0 saturated heterocycles. The van der Waals surface area contributed by atoms with Crippen molar-refractivity contribution in [2.45, 2.75) is 0 Å². The van der Waals surface area contributed by atoms with Crippen molar-refractivity contribution in [2.75, 3.05) is 0 Å². The third kappa shape index (κ3) is 11.3. The number of aromatic nitrogens is 11. The van der Waals surface area contributed by atoms with E-state index in [0.29, 0.717) is 40.8 Å². The van der Waals surface area contributed by atoms with Crippen molar-refractivity contribution in [3.05, 3.63) is 382 Å². The number of fused-ring (bicyclic) bond motifs is 9. The minimum Gasteiger partial charge on any atom is -0.309 e. The minimum atomic E-state index is 0.526. The molecule has 6 aromatic heterocycles. The quantitative estimate of drug-likeness (QED) is 0.106. The van der Waals surface area contributed by atoms with Gasteiger partial charge < -0.3 is 13.7 Å². The summed E-state index contributed by atoms with van der Waals surface area (Å²) in [4.78, 5) is 43.2. The maximum atomic E-state index is 5.69. The van der Waals surface area contributed by atoms with Gasteiger partial charge in [-0.05, 0) is 91.0 Å². The number of hydrogen-bond donors (Lipinski definition) is 0. The zero-order chi connectivity index (χ0) is 73.3. The van der Waals surface area contributed by atoms with E-state index in [1.807, 2.05) is 133 Å². The van der Waals surface area contributed by atoms with Crippen LogP contribution in [-0.2, 0) is 0 Å². The summed E-state index contributed by atoms with van der Waals surface area (Å²) in [6.07, 6.45) is 0. The van der Waals surface area contributed by atoms with E-state index in [-0.39, 0.29) is 0 Å². The molecule has 21 aromatic rings. The predicted octanol–water partition coefficient (Wildman–Crippen LogP) is 24.5. The molecular formula is C100H63N11. The molecule has 11 nitrogen and oxygen atoms in total. The molecule has 11 heteroatoms. The first-order valence-corrected chi connectivity index (χ1v) is 37.2. The monoisotopic (exact) mass is 1420 g/mol. The highest BCUT2D eigenvalue weighted by atomic mass is 15.1. The van der Waals surface area contributed by atoms with Gasteiger partial charge >= 0.3 is 0 Å². The highest BCUT2D eigenvalue weighted by Gasteiger charge is 2.29. The molecule has 0 fully saturated rings. The molecule has 0 saturated carbocycles. The number of benzene rings is 15. The molecular weight excluding hydrogens is 1360 g/mol. The van der Waals surface area contributed by atoms with Crippen LogP contribution >= 0.6 is 0 Å². The molecule has 0 unspecified atom stereocenters. The molecule has 15 aromatic carbocycles. The molecule has 0 bridgehead atoms. The van der Waals surface area contributed by atoms with Crippen LogP contribution in [0.4, 0.5) is 0 Å². The standard InChI is InChI=1S/C100H63N11/c1-7-31-64(32-8-1)83-63-84(65-33-9-2-10-34-65)102-100(101-83)72-61-81(77-47-23-29-53-89(77)109-85-49-25-19-43-73(85)74-44-20-26-50-86(74)109)93(82(62-72)78-48-24-30-54-90(78)110-87-51-27-21-45-75(87)76-46-22-28-52-88(76)110)111-91-57-55-70(98-105-94(66-35-11-3-12-36-66)103-95(106-98)67-37-13-4-14-38-67)59-79(91)80-60-71(56-58-92(80)111)99-107-96(68-39-15-5-16-40-68)104-97(108-99)69-41-17-6-18-42-69/h1-63H. The van der Waals surface area contributed by atoms with E-state index < -0.39 is 0 Å². The Morgan fingerprint density at radius 3 is 0.748 bits per heavy atom. The van der Waals surface area contributed by atoms with Crippen LogP contribution in [0, 0.1) is 0 Å². The zero-order valence-corrected chi connectivity index (χ0v) is 59.8. The Morgan fingerprint density at radius 1 is 0.153 bits per heavy atom. The van der Waals surface area contributed by atoms with Gasteiger partial charge in [-0.1, -0.05) is 291 Å². The Bertz CT molecular complexity index is 6540. The van der Waals surface area contributed by atoms with E-state index in [2.05, 4.69) is 262 Å². The molecule has 0 amide bonds. The van der Waals surface area contributed by atoms with Crippen LogP contribution in [0.25, 0.3) is 207 Å². The maximum absolute atomic E-state index is 5.69. The molecule has 0 radical (unpaired) electrons. The van der Waals surface area contributed by atoms with Crippen LogP contribution in [0.15, 0.2) is 382 Å². The molecule has 518 valence electrons. The Hall–Kier alpha value is -15.2. The first-order valence-electron chi connectivity index (χ1n) is 37.2. The van der Waals surface area contributed by atoms with Gasteiger partial charge in [-0.25, -0.2) is 39.9 Å². The van der Waals surface area contributed by atoms with Crippen LogP contribution in [0.1, 0.15) is 0 Å². The topological polar surface area (TPSA) is 118 Å². The first-order chi connectivity index (χ1) is 55.0. The summed E-state index contributed by atoms with van der Waals surface area (Å²) in [5.74, 6) is 3.87. The molecule has 0 aliphatic heterocycles. The van der Waals surface area contributed by atoms with Crippen molar-refractivity contribution < 1.29 is 0 Å². The number of rotatable bonds is 14. The van der Waals surface area contributed by atoms with Gasteiger partial charge in [0, 0.05) is 105 Å². The molecule has 0 N–H and O–H groups in total. The normalized spacial score (nSPS) is 11.6. The highest BCUT2D eigenvalue weighted by Crippen LogP contribution is 2.50. The van der Waals surface area contributed by atoms with Gasteiger partial charge in [-0.3, -0.25) is 0 Å². The second kappa shape index (κ2) is 27.0. The molecule has 0 spiro atoms. The lowest BCUT2D eigenvalue weighted by Crippen LogP contribution is -2.06. The van der Waals surface area contributed by atoms with Gasteiger partial charge in [0.1, 0.15) is 0 Å². The summed E-state index contributed by atoms with van der Waals surface area (Å²) in [7, 11) is 0. The predicted molar refractivity (Wildman–Crippen MR) is 452 cm³/mol. The Balaban J connectivity index is 0.923. The van der Waals surface area contributed by atoms with E-state index in [1.54, 1.807) is 0 Å². The van der Waals surface area contributed by atoms with Gasteiger partial charge in [0.2, 0.25) is 0 Å². The van der Waals surface area contributed by atoms with Crippen LogP contribution < -0.4 is 0 Å². The summed E-state index contributed by atoms with van der Waals surface area (Å²) in [5, 5.41) is 6.49. The summed E-state index contributed by atoms with van der Waals surface area (Å²) in [6, 6.07) is 134. The smallest absolute Gasteiger partial charge is 0.164 e. The summed E-state index contributed by atoms with van der Waals surface area (Å²) in [6.45, 7) is 0. The van der Waals surface area contributed by atoms with Crippen LogP contribution in [0.5, 0.6) is 0 Å². The maximum Gasteiger partial charge on any atom is 0.164 e. The van der Waals surface area contributed by atoms with Crippen molar-refractivity contribution >= 4 is 65.4 Å². The van der Waals surface area contributed by atoms with E-state index >= 15 is 0 Å². The molecule has 111 heavy (non-hydrogen) atoms. The van der Waals surface area contributed by atoms with Gasteiger partial charge in [-0.15, -0.1) is 0 Å². The van der Waals surface area contributed by atoms with E-state index in [1.165, 1.54) is 0 Å². The lowest BCUT2D eigenvalue weighted by molar-refractivity contribution is 1.07. The van der Waals surface area contributed by atoms with Crippen molar-refractivity contribution in [3.63, 3.8) is 0 Å². The molecule has 0 aliphatic carbocycles. The van der Waals surface area contributed by atoms with E-state index in [4.69, 9.17) is 39.9 Å². The highest BCUT2D eigenvalue weighted by molar-refractivity contribution is 6.15. The molecule has 21 rings (SSSR count). The van der Waals surface area contributed by atoms with Crippen molar-refractivity contribution in [1.29, 1.82) is 0 Å². The Morgan fingerprint density at radius 2 is 0.414 bits per heavy atom. The molecule has 0 atom stereocenters. The van der Waals surface area contributed by atoms with Crippen LogP contribution in [0.2, 0.25) is 0 Å². The lowest BCUT2D eigenvalue weighted by Gasteiger charge is -2.24. The third-order valence-electron chi connectivity index (χ3n) is 21.2. The van der Waals surface area contributed by atoms with E-state index in [9.17, 15) is 0 Å². The number of para-hydroxylation sites is 6. The fourth-order valence-corrected chi connectivity index (χ4v) is 16.1.